The lowest BCUT2D eigenvalue weighted by atomic mass is 10.0. The molecule has 36 heavy (non-hydrogen) atoms. The van der Waals surface area contributed by atoms with Crippen molar-refractivity contribution in [1.82, 2.24) is 9.88 Å². The number of hydrogen-bond donors (Lipinski definition) is 1. The van der Waals surface area contributed by atoms with Gasteiger partial charge in [0.05, 0.1) is 5.56 Å². The van der Waals surface area contributed by atoms with E-state index < -0.39 is 29.7 Å². The van der Waals surface area contributed by atoms with Crippen LogP contribution in [0.4, 0.5) is 4.39 Å². The maximum atomic E-state index is 14.0. The first kappa shape index (κ1) is 26.3. The third kappa shape index (κ3) is 6.87. The van der Waals surface area contributed by atoms with Crippen molar-refractivity contribution in [2.75, 3.05) is 20.3 Å². The fourth-order valence-corrected chi connectivity index (χ4v) is 3.45. The van der Waals surface area contributed by atoms with Crippen LogP contribution in [0.1, 0.15) is 39.0 Å². The zero-order chi connectivity index (χ0) is 26.1. The van der Waals surface area contributed by atoms with Gasteiger partial charge in [-0.15, -0.1) is 0 Å². The molecule has 1 heterocycles. The van der Waals surface area contributed by atoms with Gasteiger partial charge in [0.2, 0.25) is 0 Å². The molecule has 1 N–H and O–H groups in total. The summed E-state index contributed by atoms with van der Waals surface area (Å²) in [7, 11) is 1.53. The molecule has 3 rings (SSSR count). The van der Waals surface area contributed by atoms with Crippen LogP contribution < -0.4 is 15.6 Å². The molecule has 0 fully saturated rings. The van der Waals surface area contributed by atoms with Crippen molar-refractivity contribution in [1.29, 1.82) is 5.26 Å². The Morgan fingerprint density at radius 1 is 1.14 bits per heavy atom. The number of aryl methyl sites for hydroxylation is 2. The highest BCUT2D eigenvalue weighted by atomic mass is 19.1. The van der Waals surface area contributed by atoms with E-state index >= 15 is 0 Å². The van der Waals surface area contributed by atoms with E-state index in [4.69, 9.17) is 9.47 Å². The fraction of sp³-hybridized carbons (Fsp3) is 0.259. The van der Waals surface area contributed by atoms with Gasteiger partial charge in [-0.25, -0.2) is 4.39 Å². The van der Waals surface area contributed by atoms with Crippen molar-refractivity contribution in [3.05, 3.63) is 98.7 Å². The lowest BCUT2D eigenvalue weighted by Gasteiger charge is -2.13. The summed E-state index contributed by atoms with van der Waals surface area (Å²) >= 11 is 0. The predicted octanol–water partition coefficient (Wildman–Crippen LogP) is 3.13. The topological polar surface area (TPSA) is 110 Å². The number of amides is 1. The fourth-order valence-electron chi connectivity index (χ4n) is 3.45. The van der Waals surface area contributed by atoms with Crippen molar-refractivity contribution >= 4 is 11.7 Å². The SMILES string of the molecule is COCCCn1cc(C(=O)c2cc(F)ccc2OCC(=O)NCc2ccc(C)cc2)cc(C#N)c1=O. The van der Waals surface area contributed by atoms with E-state index in [0.717, 1.165) is 23.3 Å². The number of carbonyl (C=O) groups excluding carboxylic acids is 2. The first-order chi connectivity index (χ1) is 17.3. The van der Waals surface area contributed by atoms with Gasteiger partial charge in [0, 0.05) is 38.6 Å². The number of methoxy groups -OCH3 is 1. The maximum Gasteiger partial charge on any atom is 0.268 e. The van der Waals surface area contributed by atoms with Gasteiger partial charge in [0.25, 0.3) is 11.5 Å². The lowest BCUT2D eigenvalue weighted by molar-refractivity contribution is -0.123. The van der Waals surface area contributed by atoms with Gasteiger partial charge < -0.3 is 19.4 Å². The second-order valence-corrected chi connectivity index (χ2v) is 8.12. The van der Waals surface area contributed by atoms with Crippen LogP contribution in [0.15, 0.2) is 59.5 Å². The second-order valence-electron chi connectivity index (χ2n) is 8.12. The second kappa shape index (κ2) is 12.4. The van der Waals surface area contributed by atoms with Crippen LogP contribution in [0.25, 0.3) is 0 Å². The molecular formula is C27H26FN3O5. The summed E-state index contributed by atoms with van der Waals surface area (Å²) in [6.07, 6.45) is 1.81. The van der Waals surface area contributed by atoms with Gasteiger partial charge in [-0.05, 0) is 43.2 Å². The Balaban J connectivity index is 1.78. The molecule has 0 aliphatic carbocycles. The number of pyridine rings is 1. The van der Waals surface area contributed by atoms with E-state index in [1.54, 1.807) is 6.07 Å². The summed E-state index contributed by atoms with van der Waals surface area (Å²) in [4.78, 5) is 38.0. The Kier molecular flexibility index (Phi) is 9.08. The van der Waals surface area contributed by atoms with Gasteiger partial charge in [-0.2, -0.15) is 5.26 Å². The van der Waals surface area contributed by atoms with Crippen LogP contribution in [0, 0.1) is 24.1 Å². The molecule has 9 heteroatoms. The summed E-state index contributed by atoms with van der Waals surface area (Å²) in [5.74, 6) is -1.75. The molecule has 0 atom stereocenters. The van der Waals surface area contributed by atoms with Crippen LogP contribution in [-0.4, -0.2) is 36.6 Å². The third-order valence-corrected chi connectivity index (χ3v) is 5.37. The van der Waals surface area contributed by atoms with Gasteiger partial charge in [-0.3, -0.25) is 14.4 Å². The number of aromatic nitrogens is 1. The number of carbonyl (C=O) groups is 2. The summed E-state index contributed by atoms with van der Waals surface area (Å²) in [5, 5.41) is 12.1. The maximum absolute atomic E-state index is 14.0. The van der Waals surface area contributed by atoms with Gasteiger partial charge in [0.1, 0.15) is 23.2 Å². The summed E-state index contributed by atoms with van der Waals surface area (Å²) in [5.41, 5.74) is 1.16. The van der Waals surface area contributed by atoms with E-state index in [2.05, 4.69) is 5.32 Å². The highest BCUT2D eigenvalue weighted by Gasteiger charge is 2.19. The van der Waals surface area contributed by atoms with Crippen molar-refractivity contribution < 1.29 is 23.5 Å². The Bertz CT molecular complexity index is 1340. The number of hydrogen-bond acceptors (Lipinski definition) is 6. The summed E-state index contributed by atoms with van der Waals surface area (Å²) < 4.78 is 25.8. The monoisotopic (exact) mass is 491 g/mol. The number of nitrogens with one attached hydrogen (secondary N) is 1. The number of halogens is 1. The Morgan fingerprint density at radius 3 is 2.58 bits per heavy atom. The van der Waals surface area contributed by atoms with Gasteiger partial charge in [-0.1, -0.05) is 29.8 Å². The predicted molar refractivity (Wildman–Crippen MR) is 130 cm³/mol. The molecule has 0 saturated carbocycles. The van der Waals surface area contributed by atoms with Crippen LogP contribution in [-0.2, 0) is 22.6 Å². The highest BCUT2D eigenvalue weighted by Crippen LogP contribution is 2.23. The molecule has 0 spiro atoms. The first-order valence-electron chi connectivity index (χ1n) is 11.2. The molecule has 0 bridgehead atoms. The normalized spacial score (nSPS) is 10.5. The van der Waals surface area contributed by atoms with Gasteiger partial charge >= 0.3 is 0 Å². The molecule has 0 saturated heterocycles. The largest absolute Gasteiger partial charge is 0.483 e. The Morgan fingerprint density at radius 2 is 1.89 bits per heavy atom. The number of ether oxygens (including phenoxy) is 2. The standard InChI is InChI=1S/C27H26FN3O5/c1-18-4-6-19(7-5-18)15-30-25(32)17-36-24-9-8-22(28)13-23(24)26(33)21-12-20(14-29)27(34)31(16-21)10-3-11-35-2/h4-9,12-13,16H,3,10-11,15,17H2,1-2H3,(H,30,32). The van der Waals surface area contributed by atoms with Crippen molar-refractivity contribution in [3.8, 4) is 11.8 Å². The van der Waals surface area contributed by atoms with E-state index in [1.807, 2.05) is 31.2 Å². The molecule has 3 aromatic rings. The van der Waals surface area contributed by atoms with Crippen molar-refractivity contribution in [2.45, 2.75) is 26.4 Å². The molecule has 0 unspecified atom stereocenters. The molecule has 2 aromatic carbocycles. The Labute approximate surface area is 207 Å². The van der Waals surface area contributed by atoms with Crippen LogP contribution in [0.2, 0.25) is 0 Å². The smallest absolute Gasteiger partial charge is 0.268 e. The van der Waals surface area contributed by atoms with E-state index in [9.17, 15) is 24.0 Å². The number of rotatable bonds is 11. The highest BCUT2D eigenvalue weighted by molar-refractivity contribution is 6.10. The molecule has 0 aliphatic rings. The average molecular weight is 492 g/mol. The van der Waals surface area contributed by atoms with Crippen LogP contribution in [0.5, 0.6) is 5.75 Å². The van der Waals surface area contributed by atoms with Crippen molar-refractivity contribution in [3.63, 3.8) is 0 Å². The van der Waals surface area contributed by atoms with Crippen LogP contribution >= 0.6 is 0 Å². The number of benzene rings is 2. The molecular weight excluding hydrogens is 465 g/mol. The lowest BCUT2D eigenvalue weighted by Crippen LogP contribution is -2.28. The van der Waals surface area contributed by atoms with E-state index in [0.29, 0.717) is 19.6 Å². The Hall–Kier alpha value is -4.29. The zero-order valence-corrected chi connectivity index (χ0v) is 20.0. The number of ketones is 1. The minimum atomic E-state index is -0.677. The molecule has 8 nitrogen and oxygen atoms in total. The quantitative estimate of drug-likeness (QED) is 0.326. The molecule has 1 amide bonds. The zero-order valence-electron chi connectivity index (χ0n) is 20.0. The van der Waals surface area contributed by atoms with E-state index in [1.165, 1.54) is 30.0 Å². The molecule has 1 aromatic heterocycles. The first-order valence-corrected chi connectivity index (χ1v) is 11.2. The number of nitrogens with zero attached hydrogens (tertiary/aromatic N) is 2. The van der Waals surface area contributed by atoms with Crippen LogP contribution in [0.3, 0.4) is 0 Å². The van der Waals surface area contributed by atoms with E-state index in [-0.39, 0.29) is 29.0 Å². The summed E-state index contributed by atoms with van der Waals surface area (Å²) in [6, 6.07) is 14.0. The average Bonchev–Trinajstić information content (AvgIpc) is 2.88. The number of nitriles is 1. The molecule has 186 valence electrons. The third-order valence-electron chi connectivity index (χ3n) is 5.37. The molecule has 0 aliphatic heterocycles. The van der Waals surface area contributed by atoms with Gasteiger partial charge in [0.15, 0.2) is 12.4 Å². The minimum absolute atomic E-state index is 0.00234. The summed E-state index contributed by atoms with van der Waals surface area (Å²) in [6.45, 7) is 2.50. The molecule has 0 radical (unpaired) electrons. The minimum Gasteiger partial charge on any atom is -0.483 e. The van der Waals surface area contributed by atoms with Crippen molar-refractivity contribution in [2.24, 2.45) is 0 Å².